The van der Waals surface area contributed by atoms with Crippen molar-refractivity contribution in [3.8, 4) is 0 Å². The quantitative estimate of drug-likeness (QED) is 0.226. The van der Waals surface area contributed by atoms with E-state index in [1.54, 1.807) is 0 Å². The van der Waals surface area contributed by atoms with Crippen LogP contribution in [0.15, 0.2) is 0 Å². The summed E-state index contributed by atoms with van der Waals surface area (Å²) in [5.41, 5.74) is 0. The molecule has 0 saturated heterocycles. The maximum absolute atomic E-state index is 0. The van der Waals surface area contributed by atoms with Gasteiger partial charge in [-0.2, -0.15) is 0 Å². The van der Waals surface area contributed by atoms with Crippen molar-refractivity contribution in [2.45, 2.75) is 0 Å². The fourth-order valence-electron chi connectivity index (χ4n) is 0. The van der Waals surface area contributed by atoms with Crippen molar-refractivity contribution >= 4 is 77.9 Å². The van der Waals surface area contributed by atoms with E-state index in [9.17, 15) is 0 Å². The first-order valence-corrected chi connectivity index (χ1v) is 0. The minimum atomic E-state index is 0. The molecular weight excluding hydrogens is 798 g/mol. The summed E-state index contributed by atoms with van der Waals surface area (Å²) in [7, 11) is 0. The molecule has 0 nitrogen and oxygen atoms in total. The third kappa shape index (κ3) is 18.1. The van der Waals surface area contributed by atoms with Gasteiger partial charge in [-0.15, -0.1) is 0 Å². The molecule has 5 heavy (non-hydrogen) atoms. The van der Waals surface area contributed by atoms with E-state index >= 15 is 0 Å². The van der Waals surface area contributed by atoms with Crippen molar-refractivity contribution in [1.29, 1.82) is 0 Å². The fraction of sp³-hybridized carbons (Fsp3) is 0. The van der Waals surface area contributed by atoms with E-state index in [0.717, 1.165) is 0 Å². The second kappa shape index (κ2) is 24.8. The third-order valence-electron chi connectivity index (χ3n) is 0. The van der Waals surface area contributed by atoms with E-state index in [2.05, 4.69) is 0 Å². The molecule has 0 unspecified atom stereocenters. The molecule has 0 N–H and O–H groups in total. The van der Waals surface area contributed by atoms with E-state index in [0.29, 0.717) is 0 Å². The molecule has 0 fully saturated rings. The molecule has 0 aromatic heterocycles. The summed E-state index contributed by atoms with van der Waals surface area (Å²) in [6.07, 6.45) is 0. The van der Waals surface area contributed by atoms with Gasteiger partial charge in [0.25, 0.3) is 0 Å². The summed E-state index contributed by atoms with van der Waals surface area (Å²) >= 11 is 0. The first kappa shape index (κ1) is 36.6. The van der Waals surface area contributed by atoms with Crippen molar-refractivity contribution in [2.24, 2.45) is 0 Å². The molecule has 0 saturated carbocycles. The number of rotatable bonds is 0. The van der Waals surface area contributed by atoms with Crippen molar-refractivity contribution < 1.29 is 39.4 Å². The van der Waals surface area contributed by atoms with Crippen LogP contribution in [-0.2, 0) is 39.4 Å². The molecule has 0 heterocycles. The van der Waals surface area contributed by atoms with Gasteiger partial charge in [0.05, 0.1) is 0 Å². The van der Waals surface area contributed by atoms with Gasteiger partial charge >= 0.3 is 77.9 Å². The number of hydrogen-bond donors (Lipinski definition) is 0. The topological polar surface area (TPSA) is 0 Å². The zero-order valence-corrected chi connectivity index (χ0v) is 20.9. The number of hydrogen-bond acceptors (Lipinski definition) is 0. The van der Waals surface area contributed by atoms with Crippen LogP contribution in [0.2, 0.25) is 0 Å². The molecule has 0 rings (SSSR count). The normalized spacial score (nSPS) is 0. The molecule has 0 amide bonds. The zero-order valence-electron chi connectivity index (χ0n) is 2.72. The Morgan fingerprint density at radius 2 is 1.00 bits per heavy atom. The standard InChI is InChI=1S/Au.Bi.Cu.Pb.Sb.8H. The summed E-state index contributed by atoms with van der Waals surface area (Å²) < 4.78 is 0. The molecule has 0 atom stereocenters. The third-order valence-corrected chi connectivity index (χ3v) is 0. The molecule has 0 aromatic rings. The van der Waals surface area contributed by atoms with Crippen LogP contribution in [0, 0.1) is 0 Å². The second-order valence-electron chi connectivity index (χ2n) is 0. The fourth-order valence-corrected chi connectivity index (χ4v) is 0. The van der Waals surface area contributed by atoms with Crippen LogP contribution in [0.25, 0.3) is 0 Å². The summed E-state index contributed by atoms with van der Waals surface area (Å²) in [5, 5.41) is 0. The minimum absolute atomic E-state index is 0. The van der Waals surface area contributed by atoms with Gasteiger partial charge in [0.15, 0.2) is 0 Å². The van der Waals surface area contributed by atoms with Gasteiger partial charge in [0.1, 0.15) is 0 Å². The average molecular weight is 807 g/mol. The Kier molecular flexibility index (Phi) is 181. The van der Waals surface area contributed by atoms with Crippen LogP contribution in [0.1, 0.15) is 0 Å². The van der Waals surface area contributed by atoms with Gasteiger partial charge < -0.3 is 0 Å². The van der Waals surface area contributed by atoms with E-state index in [-0.39, 0.29) is 117 Å². The molecule has 0 aliphatic heterocycles. The molecule has 4 radical (unpaired) electrons. The van der Waals surface area contributed by atoms with Crippen molar-refractivity contribution in [3.05, 3.63) is 0 Å². The first-order chi connectivity index (χ1) is 0. The summed E-state index contributed by atoms with van der Waals surface area (Å²) in [4.78, 5) is 0. The van der Waals surface area contributed by atoms with Gasteiger partial charge in [-0.05, 0) is 0 Å². The summed E-state index contributed by atoms with van der Waals surface area (Å²) in [6, 6.07) is 0. The van der Waals surface area contributed by atoms with Gasteiger partial charge in [0.2, 0.25) is 0 Å². The van der Waals surface area contributed by atoms with Gasteiger partial charge in [-0.1, -0.05) is 0 Å². The predicted molar refractivity (Wildman–Crippen MR) is 28.4 cm³/mol. The predicted octanol–water partition coefficient (Wildman–Crippen LogP) is -3.29. The molecular formula is H8AuBiCuPbSb. The Morgan fingerprint density at radius 1 is 1.00 bits per heavy atom. The Labute approximate surface area is 115 Å². The molecule has 0 aliphatic rings. The molecule has 0 bridgehead atoms. The Balaban J connectivity index is 0. The maximum atomic E-state index is 0. The Hall–Kier alpha value is 3.88. The average Bonchev–Trinajstić information content (AvgIpc) is 0. The van der Waals surface area contributed by atoms with Crippen molar-refractivity contribution in [1.82, 2.24) is 0 Å². The van der Waals surface area contributed by atoms with Crippen LogP contribution in [0.3, 0.4) is 0 Å². The van der Waals surface area contributed by atoms with Crippen LogP contribution < -0.4 is 0 Å². The molecule has 0 spiro atoms. The Morgan fingerprint density at radius 3 is 1.00 bits per heavy atom. The van der Waals surface area contributed by atoms with Crippen LogP contribution in [0.4, 0.5) is 0 Å². The van der Waals surface area contributed by atoms with E-state index in [1.165, 1.54) is 0 Å². The first-order valence-electron chi connectivity index (χ1n) is 0. The van der Waals surface area contributed by atoms with Gasteiger partial charge in [0, 0.05) is 39.4 Å². The SMILES string of the molecule is [Au].[BiH3].[Cu].[PbH2].[SbH3]. The molecule has 0 aliphatic carbocycles. The molecule has 44 valence electrons. The van der Waals surface area contributed by atoms with Crippen molar-refractivity contribution in [2.75, 3.05) is 0 Å². The van der Waals surface area contributed by atoms with E-state index in [4.69, 9.17) is 0 Å². The second-order valence-corrected chi connectivity index (χ2v) is 0. The van der Waals surface area contributed by atoms with E-state index < -0.39 is 0 Å². The van der Waals surface area contributed by atoms with Crippen LogP contribution in [-0.4, -0.2) is 77.9 Å². The zero-order chi connectivity index (χ0) is 0. The monoisotopic (exact) mass is 806 g/mol. The van der Waals surface area contributed by atoms with Crippen molar-refractivity contribution in [3.63, 3.8) is 0 Å². The van der Waals surface area contributed by atoms with Gasteiger partial charge in [-0.25, -0.2) is 0 Å². The molecule has 5 heteroatoms. The summed E-state index contributed by atoms with van der Waals surface area (Å²) in [6.45, 7) is 0. The van der Waals surface area contributed by atoms with Gasteiger partial charge in [-0.3, -0.25) is 0 Å². The Bertz CT molecular complexity index is 11.6. The summed E-state index contributed by atoms with van der Waals surface area (Å²) in [5.74, 6) is 0. The van der Waals surface area contributed by atoms with Crippen LogP contribution in [0.5, 0.6) is 0 Å². The van der Waals surface area contributed by atoms with Crippen LogP contribution >= 0.6 is 0 Å². The van der Waals surface area contributed by atoms with E-state index in [1.807, 2.05) is 0 Å². The molecule has 0 aromatic carbocycles.